The van der Waals surface area contributed by atoms with Crippen molar-refractivity contribution in [1.29, 1.82) is 0 Å². The van der Waals surface area contributed by atoms with E-state index in [4.69, 9.17) is 11.6 Å². The molecule has 0 aromatic heterocycles. The highest BCUT2D eigenvalue weighted by molar-refractivity contribution is 6.28. The van der Waals surface area contributed by atoms with Crippen LogP contribution in [0.15, 0.2) is 0 Å². The molecule has 0 rings (SSSR count). The topological polar surface area (TPSA) is 29.1 Å². The van der Waals surface area contributed by atoms with E-state index in [2.05, 4.69) is 19.2 Å². The van der Waals surface area contributed by atoms with Crippen LogP contribution >= 0.6 is 11.6 Å². The van der Waals surface area contributed by atoms with Crippen LogP contribution < -0.4 is 5.32 Å². The summed E-state index contributed by atoms with van der Waals surface area (Å²) in [6.07, 6.45) is 0.863. The van der Waals surface area contributed by atoms with Crippen molar-refractivity contribution in [3.8, 4) is 0 Å². The summed E-state index contributed by atoms with van der Waals surface area (Å²) in [4.78, 5) is 11.1. The van der Waals surface area contributed by atoms with Crippen molar-refractivity contribution in [3.05, 3.63) is 0 Å². The number of hydrogen-bond acceptors (Lipinski definition) is 2. The Kier molecular flexibility index (Phi) is 5.51. The molecule has 0 aromatic rings. The minimum absolute atomic E-state index is 0.0625. The molecule has 1 N–H and O–H groups in total. The zero-order valence-corrected chi connectivity index (χ0v) is 8.11. The second kappa shape index (κ2) is 5.56. The molecular formula is C8H16ClNO. The summed E-state index contributed by atoms with van der Waals surface area (Å²) in [6, 6.07) is -0.0625. The number of carbonyl (C=O) groups excluding carboxylic acids is 1. The molecule has 0 fully saturated rings. The fourth-order valence-corrected chi connectivity index (χ4v) is 1.16. The van der Waals surface area contributed by atoms with Crippen LogP contribution in [-0.4, -0.2) is 24.8 Å². The zero-order chi connectivity index (χ0) is 8.85. The molecule has 0 amide bonds. The first kappa shape index (κ1) is 10.9. The maximum Gasteiger partial charge on any atom is 0.164 e. The quantitative estimate of drug-likeness (QED) is 0.644. The standard InChI is InChI=1S/C8H16ClNO/c1-6(2)4-7(10-3)8(11)5-9/h6-7,10H,4-5H2,1-3H3/t7-/m0/s1. The van der Waals surface area contributed by atoms with Gasteiger partial charge in [0.1, 0.15) is 0 Å². The van der Waals surface area contributed by atoms with Crippen LogP contribution in [0.3, 0.4) is 0 Å². The molecular weight excluding hydrogens is 162 g/mol. The van der Waals surface area contributed by atoms with Gasteiger partial charge in [-0.1, -0.05) is 13.8 Å². The zero-order valence-electron chi connectivity index (χ0n) is 7.36. The van der Waals surface area contributed by atoms with Gasteiger partial charge in [-0.3, -0.25) is 4.79 Å². The average molecular weight is 178 g/mol. The predicted octanol–water partition coefficient (Wildman–Crippen LogP) is 1.43. The van der Waals surface area contributed by atoms with Crippen LogP contribution in [-0.2, 0) is 4.79 Å². The average Bonchev–Trinajstić information content (AvgIpc) is 1.98. The van der Waals surface area contributed by atoms with Crippen molar-refractivity contribution in [2.24, 2.45) is 5.92 Å². The number of rotatable bonds is 5. The van der Waals surface area contributed by atoms with Crippen LogP contribution in [0.2, 0.25) is 0 Å². The Morgan fingerprint density at radius 2 is 2.09 bits per heavy atom. The van der Waals surface area contributed by atoms with Gasteiger partial charge in [-0.25, -0.2) is 0 Å². The number of ketones is 1. The molecule has 0 saturated heterocycles. The highest BCUT2D eigenvalue weighted by atomic mass is 35.5. The van der Waals surface area contributed by atoms with Crippen LogP contribution in [0.1, 0.15) is 20.3 Å². The molecule has 3 heteroatoms. The van der Waals surface area contributed by atoms with Crippen molar-refractivity contribution in [3.63, 3.8) is 0 Å². The SMILES string of the molecule is CN[C@@H](CC(C)C)C(=O)CCl. The lowest BCUT2D eigenvalue weighted by atomic mass is 10.0. The number of hydrogen-bond donors (Lipinski definition) is 1. The van der Waals surface area contributed by atoms with Crippen molar-refractivity contribution >= 4 is 17.4 Å². The molecule has 1 atom stereocenters. The second-order valence-corrected chi connectivity index (χ2v) is 3.34. The van der Waals surface area contributed by atoms with E-state index in [1.807, 2.05) is 0 Å². The molecule has 2 nitrogen and oxygen atoms in total. The van der Waals surface area contributed by atoms with Crippen LogP contribution in [0, 0.1) is 5.92 Å². The van der Waals surface area contributed by atoms with Crippen LogP contribution in [0.25, 0.3) is 0 Å². The molecule has 0 spiro atoms. The van der Waals surface area contributed by atoms with Crippen molar-refractivity contribution in [2.75, 3.05) is 12.9 Å². The Labute approximate surface area is 73.3 Å². The first-order chi connectivity index (χ1) is 5.11. The lowest BCUT2D eigenvalue weighted by molar-refractivity contribution is -0.118. The molecule has 0 heterocycles. The molecule has 0 aromatic carbocycles. The number of nitrogens with one attached hydrogen (secondary N) is 1. The Morgan fingerprint density at radius 1 is 1.55 bits per heavy atom. The first-order valence-corrected chi connectivity index (χ1v) is 4.41. The third-order valence-corrected chi connectivity index (χ3v) is 1.84. The van der Waals surface area contributed by atoms with E-state index in [1.54, 1.807) is 7.05 Å². The minimum Gasteiger partial charge on any atom is -0.311 e. The lowest BCUT2D eigenvalue weighted by Gasteiger charge is -2.15. The molecule has 0 saturated carbocycles. The van der Waals surface area contributed by atoms with E-state index in [1.165, 1.54) is 0 Å². The van der Waals surface area contributed by atoms with Gasteiger partial charge < -0.3 is 5.32 Å². The predicted molar refractivity (Wildman–Crippen MR) is 48.0 cm³/mol. The van der Waals surface area contributed by atoms with Crippen LogP contribution in [0.5, 0.6) is 0 Å². The minimum atomic E-state index is -0.0625. The summed E-state index contributed by atoms with van der Waals surface area (Å²) in [6.45, 7) is 4.18. The van der Waals surface area contributed by atoms with Gasteiger partial charge >= 0.3 is 0 Å². The third-order valence-electron chi connectivity index (χ3n) is 1.58. The molecule has 0 unspecified atom stereocenters. The van der Waals surface area contributed by atoms with E-state index >= 15 is 0 Å². The van der Waals surface area contributed by atoms with Crippen molar-refractivity contribution < 1.29 is 4.79 Å². The summed E-state index contributed by atoms with van der Waals surface area (Å²) in [5.74, 6) is 0.723. The number of halogens is 1. The van der Waals surface area contributed by atoms with Gasteiger partial charge in [-0.05, 0) is 19.4 Å². The highest BCUT2D eigenvalue weighted by Gasteiger charge is 2.15. The summed E-state index contributed by atoms with van der Waals surface area (Å²) in [7, 11) is 1.79. The van der Waals surface area contributed by atoms with Gasteiger partial charge in [0.05, 0.1) is 11.9 Å². The maximum absolute atomic E-state index is 11.1. The van der Waals surface area contributed by atoms with Gasteiger partial charge in [0.2, 0.25) is 0 Å². The van der Waals surface area contributed by atoms with E-state index in [-0.39, 0.29) is 17.7 Å². The Balaban J connectivity index is 3.84. The lowest BCUT2D eigenvalue weighted by Crippen LogP contribution is -2.36. The van der Waals surface area contributed by atoms with E-state index in [9.17, 15) is 4.79 Å². The fourth-order valence-electron chi connectivity index (χ4n) is 0.975. The number of Topliss-reactive ketones (excluding diaryl/α,β-unsaturated/α-hetero) is 1. The van der Waals surface area contributed by atoms with Gasteiger partial charge in [-0.15, -0.1) is 11.6 Å². The summed E-state index contributed by atoms with van der Waals surface area (Å²) in [5, 5.41) is 2.95. The molecule has 0 aliphatic carbocycles. The van der Waals surface area contributed by atoms with Crippen molar-refractivity contribution in [1.82, 2.24) is 5.32 Å². The highest BCUT2D eigenvalue weighted by Crippen LogP contribution is 2.05. The number of carbonyl (C=O) groups is 1. The third kappa shape index (κ3) is 4.38. The summed E-state index contributed by atoms with van der Waals surface area (Å²) in [5.41, 5.74) is 0. The Morgan fingerprint density at radius 3 is 2.36 bits per heavy atom. The largest absolute Gasteiger partial charge is 0.311 e. The summed E-state index contributed by atoms with van der Waals surface area (Å²) < 4.78 is 0. The normalized spacial score (nSPS) is 13.5. The number of likely N-dealkylation sites (N-methyl/N-ethyl adjacent to an activating group) is 1. The number of alkyl halides is 1. The first-order valence-electron chi connectivity index (χ1n) is 3.87. The molecule has 11 heavy (non-hydrogen) atoms. The summed E-state index contributed by atoms with van der Waals surface area (Å²) >= 11 is 5.42. The van der Waals surface area contributed by atoms with Gasteiger partial charge in [-0.2, -0.15) is 0 Å². The molecule has 0 bridgehead atoms. The molecule has 0 radical (unpaired) electrons. The second-order valence-electron chi connectivity index (χ2n) is 3.07. The fraction of sp³-hybridized carbons (Fsp3) is 0.875. The monoisotopic (exact) mass is 177 g/mol. The van der Waals surface area contributed by atoms with Gasteiger partial charge in [0, 0.05) is 0 Å². The smallest absolute Gasteiger partial charge is 0.164 e. The van der Waals surface area contributed by atoms with Crippen LogP contribution in [0.4, 0.5) is 0 Å². The van der Waals surface area contributed by atoms with Gasteiger partial charge in [0.25, 0.3) is 0 Å². The van der Waals surface area contributed by atoms with Crippen molar-refractivity contribution in [2.45, 2.75) is 26.3 Å². The van der Waals surface area contributed by atoms with E-state index in [0.29, 0.717) is 5.92 Å². The van der Waals surface area contributed by atoms with Gasteiger partial charge in [0.15, 0.2) is 5.78 Å². The molecule has 66 valence electrons. The van der Waals surface area contributed by atoms with E-state index in [0.717, 1.165) is 6.42 Å². The maximum atomic E-state index is 11.1. The Bertz CT molecular complexity index is 125. The Hall–Kier alpha value is -0.0800. The van der Waals surface area contributed by atoms with E-state index < -0.39 is 0 Å². The molecule has 0 aliphatic rings. The molecule has 0 aliphatic heterocycles.